The molecule has 8 heteroatoms. The molecule has 2 bridgehead atoms. The Morgan fingerprint density at radius 1 is 1.17 bits per heavy atom. The summed E-state index contributed by atoms with van der Waals surface area (Å²) in [6.07, 6.45) is 6.14. The van der Waals surface area contributed by atoms with E-state index in [0.29, 0.717) is 30.9 Å². The molecule has 8 nitrogen and oxygen atoms in total. The van der Waals surface area contributed by atoms with Gasteiger partial charge in [-0.2, -0.15) is 0 Å². The van der Waals surface area contributed by atoms with Crippen molar-refractivity contribution in [2.24, 2.45) is 11.8 Å². The van der Waals surface area contributed by atoms with Crippen molar-refractivity contribution in [3.63, 3.8) is 0 Å². The zero-order valence-corrected chi connectivity index (χ0v) is 19.3. The molecule has 2 aromatic carbocycles. The van der Waals surface area contributed by atoms with Gasteiger partial charge in [0.2, 0.25) is 17.7 Å². The normalized spacial score (nSPS) is 26.4. The molecule has 3 N–H and O–H groups in total. The van der Waals surface area contributed by atoms with Crippen LogP contribution in [0.25, 0.3) is 10.9 Å². The van der Waals surface area contributed by atoms with E-state index >= 15 is 0 Å². The number of ether oxygens (including phenoxy) is 1. The van der Waals surface area contributed by atoms with Crippen LogP contribution in [-0.4, -0.2) is 47.5 Å². The van der Waals surface area contributed by atoms with Gasteiger partial charge in [0, 0.05) is 41.9 Å². The number of para-hydroxylation sites is 1. The predicted molar refractivity (Wildman–Crippen MR) is 132 cm³/mol. The van der Waals surface area contributed by atoms with Crippen LogP contribution in [-0.2, 0) is 25.5 Å². The largest absolute Gasteiger partial charge is 0.361 e. The minimum atomic E-state index is -0.781. The van der Waals surface area contributed by atoms with Crippen molar-refractivity contribution in [1.29, 1.82) is 0 Å². The summed E-state index contributed by atoms with van der Waals surface area (Å²) in [5.41, 5.74) is 2.82. The first kappa shape index (κ1) is 21.6. The Morgan fingerprint density at radius 2 is 1.97 bits per heavy atom. The highest BCUT2D eigenvalue weighted by molar-refractivity contribution is 6.03. The number of amides is 3. The second-order valence-electron chi connectivity index (χ2n) is 9.45. The molecule has 0 aliphatic carbocycles. The van der Waals surface area contributed by atoms with E-state index in [1.807, 2.05) is 36.5 Å². The topological polar surface area (TPSA) is 104 Å². The number of anilines is 2. The average Bonchev–Trinajstić information content (AvgIpc) is 3.59. The first-order valence-electron chi connectivity index (χ1n) is 11.8. The molecule has 3 aliphatic heterocycles. The number of carbonyl (C=O) groups is 3. The second kappa shape index (κ2) is 8.09. The number of benzene rings is 2. The second-order valence-corrected chi connectivity index (χ2v) is 9.45. The Bertz CT molecular complexity index is 1360. The summed E-state index contributed by atoms with van der Waals surface area (Å²) in [5, 5.41) is 6.92. The smallest absolute Gasteiger partial charge is 0.234 e. The van der Waals surface area contributed by atoms with Gasteiger partial charge in [0.05, 0.1) is 24.5 Å². The van der Waals surface area contributed by atoms with Crippen molar-refractivity contribution in [1.82, 2.24) is 10.3 Å². The minimum Gasteiger partial charge on any atom is -0.361 e. The molecule has 1 aromatic heterocycles. The number of hydrogen-bond donors (Lipinski definition) is 3. The summed E-state index contributed by atoms with van der Waals surface area (Å²) in [5.74, 6) is -1.53. The van der Waals surface area contributed by atoms with Gasteiger partial charge < -0.3 is 25.3 Å². The highest BCUT2D eigenvalue weighted by atomic mass is 16.5. The Morgan fingerprint density at radius 3 is 2.77 bits per heavy atom. The zero-order valence-electron chi connectivity index (χ0n) is 19.3. The molecule has 0 radical (unpaired) electrons. The Kier molecular flexibility index (Phi) is 5.00. The van der Waals surface area contributed by atoms with Crippen LogP contribution in [0.4, 0.5) is 11.4 Å². The van der Waals surface area contributed by atoms with E-state index < -0.39 is 17.4 Å². The van der Waals surface area contributed by atoms with Gasteiger partial charge in [-0.3, -0.25) is 14.4 Å². The molecule has 3 aromatic rings. The van der Waals surface area contributed by atoms with E-state index in [4.69, 9.17) is 4.74 Å². The predicted octanol–water partition coefficient (Wildman–Crippen LogP) is 2.77. The lowest BCUT2D eigenvalue weighted by Crippen LogP contribution is -2.44. The third-order valence-corrected chi connectivity index (χ3v) is 7.27. The molecule has 0 saturated carbocycles. The molecule has 6 rings (SSSR count). The van der Waals surface area contributed by atoms with Crippen LogP contribution in [0, 0.1) is 11.8 Å². The number of nitrogens with one attached hydrogen (secondary N) is 3. The Hall–Kier alpha value is -3.91. The number of nitrogens with zero attached hydrogens (tertiary/aromatic N) is 1. The highest BCUT2D eigenvalue weighted by Gasteiger charge is 2.67. The summed E-state index contributed by atoms with van der Waals surface area (Å²) < 4.78 is 6.23. The molecular formula is C27H26N4O4. The molecular weight excluding hydrogens is 444 g/mol. The number of hydrogen-bond acceptors (Lipinski definition) is 4. The first-order valence-corrected chi connectivity index (χ1v) is 11.8. The number of aromatic nitrogens is 1. The first-order chi connectivity index (χ1) is 16.9. The monoisotopic (exact) mass is 470 g/mol. The van der Waals surface area contributed by atoms with E-state index in [9.17, 15) is 14.4 Å². The van der Waals surface area contributed by atoms with E-state index in [-0.39, 0.29) is 23.8 Å². The number of rotatable bonds is 6. The summed E-state index contributed by atoms with van der Waals surface area (Å²) in [6.45, 7) is 2.29. The molecule has 1 unspecified atom stereocenters. The maximum atomic E-state index is 13.5. The van der Waals surface area contributed by atoms with Crippen LogP contribution >= 0.6 is 0 Å². The quantitative estimate of drug-likeness (QED) is 0.482. The van der Waals surface area contributed by atoms with Crippen LogP contribution in [0.2, 0.25) is 0 Å². The third-order valence-electron chi connectivity index (χ3n) is 7.27. The van der Waals surface area contributed by atoms with E-state index in [0.717, 1.165) is 16.5 Å². The van der Waals surface area contributed by atoms with Gasteiger partial charge >= 0.3 is 0 Å². The third kappa shape index (κ3) is 3.52. The molecule has 178 valence electrons. The van der Waals surface area contributed by atoms with Crippen molar-refractivity contribution in [3.05, 3.63) is 72.4 Å². The fourth-order valence-corrected chi connectivity index (χ4v) is 5.72. The zero-order chi connectivity index (χ0) is 24.2. The lowest BCUT2D eigenvalue weighted by Gasteiger charge is -2.23. The fraction of sp³-hybridized carbons (Fsp3) is 0.296. The Labute approximate surface area is 202 Å². The van der Waals surface area contributed by atoms with Gasteiger partial charge in [0.25, 0.3) is 0 Å². The molecule has 4 atom stereocenters. The summed E-state index contributed by atoms with van der Waals surface area (Å²) in [4.78, 5) is 43.0. The van der Waals surface area contributed by atoms with Crippen molar-refractivity contribution in [3.8, 4) is 0 Å². The lowest BCUT2D eigenvalue weighted by molar-refractivity contribution is -0.131. The van der Waals surface area contributed by atoms with Gasteiger partial charge in [0.15, 0.2) is 0 Å². The van der Waals surface area contributed by atoms with Crippen molar-refractivity contribution < 1.29 is 19.1 Å². The van der Waals surface area contributed by atoms with E-state index in [1.165, 1.54) is 6.92 Å². The van der Waals surface area contributed by atoms with Crippen LogP contribution in [0.5, 0.6) is 0 Å². The molecule has 4 heterocycles. The SMILES string of the molecule is CC(=O)Nc1ccc(N2C[C@@]34C=C[C@@H](O3)C(C(=O)NCCc3c[nH]c5ccccc35)[C@H]4C2=O)cc1. The van der Waals surface area contributed by atoms with Crippen LogP contribution in [0.15, 0.2) is 66.9 Å². The maximum Gasteiger partial charge on any atom is 0.234 e. The molecule has 1 spiro atoms. The van der Waals surface area contributed by atoms with Crippen LogP contribution in [0.3, 0.4) is 0 Å². The Balaban J connectivity index is 1.16. The summed E-state index contributed by atoms with van der Waals surface area (Å²) >= 11 is 0. The number of aromatic amines is 1. The summed E-state index contributed by atoms with van der Waals surface area (Å²) in [6, 6.07) is 15.2. The van der Waals surface area contributed by atoms with E-state index in [2.05, 4.69) is 21.7 Å². The minimum absolute atomic E-state index is 0.110. The number of fused-ring (bicyclic) bond motifs is 2. The van der Waals surface area contributed by atoms with Crippen molar-refractivity contribution >= 4 is 40.0 Å². The highest BCUT2D eigenvalue weighted by Crippen LogP contribution is 2.52. The molecule has 35 heavy (non-hydrogen) atoms. The maximum absolute atomic E-state index is 13.5. The van der Waals surface area contributed by atoms with Gasteiger partial charge in [-0.25, -0.2) is 0 Å². The van der Waals surface area contributed by atoms with Gasteiger partial charge in [-0.15, -0.1) is 0 Å². The van der Waals surface area contributed by atoms with E-state index in [1.54, 1.807) is 29.2 Å². The number of H-pyrrole nitrogens is 1. The standard InChI is InChI=1S/C27H26N4O4/c1-16(32)30-18-6-8-19(9-7-18)31-15-27-12-10-22(35-27)23(24(27)26(31)34)25(33)28-13-11-17-14-29-21-5-3-2-4-20(17)21/h2-10,12,14,22-24,29H,11,13,15H2,1H3,(H,28,33)(H,30,32)/t22-,23?,24+,27-/m1/s1. The van der Waals surface area contributed by atoms with Gasteiger partial charge in [0.1, 0.15) is 5.60 Å². The van der Waals surface area contributed by atoms with Crippen molar-refractivity contribution in [2.75, 3.05) is 23.3 Å². The van der Waals surface area contributed by atoms with Crippen LogP contribution < -0.4 is 15.5 Å². The summed E-state index contributed by atoms with van der Waals surface area (Å²) in [7, 11) is 0. The van der Waals surface area contributed by atoms with Crippen LogP contribution in [0.1, 0.15) is 12.5 Å². The van der Waals surface area contributed by atoms with Crippen molar-refractivity contribution in [2.45, 2.75) is 25.0 Å². The molecule has 3 aliphatic rings. The molecule has 2 saturated heterocycles. The molecule has 3 amide bonds. The fourth-order valence-electron chi connectivity index (χ4n) is 5.72. The number of carbonyl (C=O) groups excluding carboxylic acids is 3. The van der Waals surface area contributed by atoms with Gasteiger partial charge in [-0.1, -0.05) is 30.4 Å². The van der Waals surface area contributed by atoms with Gasteiger partial charge in [-0.05, 0) is 42.3 Å². The lowest BCUT2D eigenvalue weighted by atomic mass is 9.77. The molecule has 2 fully saturated rings. The average molecular weight is 471 g/mol.